The normalized spacial score (nSPS) is 14.2. The molecule has 32 heavy (non-hydrogen) atoms. The van der Waals surface area contributed by atoms with E-state index >= 15 is 0 Å². The summed E-state index contributed by atoms with van der Waals surface area (Å²) in [5.74, 6) is 0. The highest BCUT2D eigenvalue weighted by atomic mass is 16.6. The summed E-state index contributed by atoms with van der Waals surface area (Å²) in [5.41, 5.74) is 5.44. The lowest BCUT2D eigenvalue weighted by molar-refractivity contribution is 0.101. The molecule has 1 fully saturated rings. The molecule has 8 heteroatoms. The highest BCUT2D eigenvalue weighted by molar-refractivity contribution is 5.76. The minimum absolute atomic E-state index is 0.235. The standard InChI is InChI=1S/C24H26N6O2/c1-27-17-21(15-25-27)20-7-8-22-23(16-26-30(22)18-20)28-10-12-29(13-11-28)24(31)32-14-9-19-5-3-2-4-6-19/h2-8,15-18H,9-14H2,1H3. The molecule has 1 amide bonds. The summed E-state index contributed by atoms with van der Waals surface area (Å²) in [6.45, 7) is 3.17. The van der Waals surface area contributed by atoms with Crippen LogP contribution < -0.4 is 4.90 Å². The number of benzene rings is 1. The number of aryl methyl sites for hydroxylation is 1. The zero-order valence-corrected chi connectivity index (χ0v) is 18.1. The molecule has 3 aromatic heterocycles. The van der Waals surface area contributed by atoms with Gasteiger partial charge in [-0.3, -0.25) is 4.68 Å². The van der Waals surface area contributed by atoms with Gasteiger partial charge in [0, 0.05) is 63.2 Å². The SMILES string of the molecule is Cn1cc(-c2ccc3c(N4CCN(C(=O)OCCc5ccccc5)CC4)cnn3c2)cn1. The topological polar surface area (TPSA) is 67.9 Å². The van der Waals surface area contributed by atoms with Gasteiger partial charge >= 0.3 is 6.09 Å². The van der Waals surface area contributed by atoms with Gasteiger partial charge in [-0.25, -0.2) is 9.31 Å². The smallest absolute Gasteiger partial charge is 0.409 e. The number of piperazine rings is 1. The Hall–Kier alpha value is -3.81. The lowest BCUT2D eigenvalue weighted by atomic mass is 10.1. The quantitative estimate of drug-likeness (QED) is 0.486. The number of pyridine rings is 1. The monoisotopic (exact) mass is 430 g/mol. The van der Waals surface area contributed by atoms with Crippen molar-refractivity contribution in [3.63, 3.8) is 0 Å². The zero-order chi connectivity index (χ0) is 21.9. The molecule has 1 aliphatic heterocycles. The number of ether oxygens (including phenoxy) is 1. The van der Waals surface area contributed by atoms with Crippen LogP contribution in [0.3, 0.4) is 0 Å². The van der Waals surface area contributed by atoms with Crippen LogP contribution in [0.4, 0.5) is 10.5 Å². The summed E-state index contributed by atoms with van der Waals surface area (Å²) in [7, 11) is 1.91. The number of hydrogen-bond donors (Lipinski definition) is 0. The van der Waals surface area contributed by atoms with Gasteiger partial charge in [0.2, 0.25) is 0 Å². The van der Waals surface area contributed by atoms with Crippen LogP contribution in [0.25, 0.3) is 16.6 Å². The first kappa shape index (κ1) is 20.1. The lowest BCUT2D eigenvalue weighted by Crippen LogP contribution is -2.49. The fraction of sp³-hybridized carbons (Fsp3) is 0.292. The van der Waals surface area contributed by atoms with E-state index in [1.54, 1.807) is 9.58 Å². The maximum atomic E-state index is 12.4. The number of carbonyl (C=O) groups is 1. The Balaban J connectivity index is 1.18. The number of nitrogens with zero attached hydrogens (tertiary/aromatic N) is 6. The Morgan fingerprint density at radius 1 is 0.938 bits per heavy atom. The third-order valence-electron chi connectivity index (χ3n) is 5.87. The minimum Gasteiger partial charge on any atom is -0.449 e. The molecule has 4 heterocycles. The molecular weight excluding hydrogens is 404 g/mol. The van der Waals surface area contributed by atoms with Crippen molar-refractivity contribution in [2.45, 2.75) is 6.42 Å². The predicted molar refractivity (Wildman–Crippen MR) is 123 cm³/mol. The van der Waals surface area contributed by atoms with Gasteiger partial charge in [0.1, 0.15) is 0 Å². The highest BCUT2D eigenvalue weighted by Gasteiger charge is 2.24. The Morgan fingerprint density at radius 2 is 1.75 bits per heavy atom. The zero-order valence-electron chi connectivity index (χ0n) is 18.1. The third-order valence-corrected chi connectivity index (χ3v) is 5.87. The van der Waals surface area contributed by atoms with Crippen molar-refractivity contribution >= 4 is 17.3 Å². The molecule has 0 saturated carbocycles. The predicted octanol–water partition coefficient (Wildman–Crippen LogP) is 3.24. The summed E-state index contributed by atoms with van der Waals surface area (Å²) >= 11 is 0. The van der Waals surface area contributed by atoms with E-state index in [0.29, 0.717) is 19.7 Å². The van der Waals surface area contributed by atoms with E-state index in [-0.39, 0.29) is 6.09 Å². The molecule has 0 atom stereocenters. The second kappa shape index (κ2) is 8.74. The average Bonchev–Trinajstić information content (AvgIpc) is 3.45. The van der Waals surface area contributed by atoms with Crippen LogP contribution in [0.15, 0.2) is 67.3 Å². The first-order valence-corrected chi connectivity index (χ1v) is 10.8. The summed E-state index contributed by atoms with van der Waals surface area (Å²) in [6, 6.07) is 14.3. The number of fused-ring (bicyclic) bond motifs is 1. The molecule has 0 spiro atoms. The van der Waals surface area contributed by atoms with Crippen LogP contribution in [0.1, 0.15) is 5.56 Å². The van der Waals surface area contributed by atoms with E-state index in [9.17, 15) is 4.79 Å². The molecule has 8 nitrogen and oxygen atoms in total. The maximum Gasteiger partial charge on any atom is 0.409 e. The van der Waals surface area contributed by atoms with Gasteiger partial charge < -0.3 is 14.5 Å². The number of hydrogen-bond acceptors (Lipinski definition) is 5. The summed E-state index contributed by atoms with van der Waals surface area (Å²) in [6.07, 6.45) is 8.26. The van der Waals surface area contributed by atoms with Crippen LogP contribution in [-0.4, -0.2) is 63.2 Å². The van der Waals surface area contributed by atoms with Crippen LogP contribution in [0.5, 0.6) is 0 Å². The number of aromatic nitrogens is 4. The second-order valence-electron chi connectivity index (χ2n) is 8.00. The van der Waals surface area contributed by atoms with Gasteiger partial charge in [-0.2, -0.15) is 10.2 Å². The fourth-order valence-electron chi connectivity index (χ4n) is 4.08. The first-order valence-electron chi connectivity index (χ1n) is 10.8. The largest absolute Gasteiger partial charge is 0.449 e. The van der Waals surface area contributed by atoms with Gasteiger partial charge in [0.05, 0.1) is 30.2 Å². The first-order chi connectivity index (χ1) is 15.7. The Labute approximate surface area is 186 Å². The van der Waals surface area contributed by atoms with Crippen LogP contribution in [0.2, 0.25) is 0 Å². The molecular formula is C24H26N6O2. The molecule has 4 aromatic rings. The van der Waals surface area contributed by atoms with Gasteiger partial charge in [0.25, 0.3) is 0 Å². The highest BCUT2D eigenvalue weighted by Crippen LogP contribution is 2.26. The third kappa shape index (κ3) is 4.16. The Kier molecular flexibility index (Phi) is 5.49. The van der Waals surface area contributed by atoms with E-state index in [1.807, 2.05) is 66.7 Å². The van der Waals surface area contributed by atoms with Crippen molar-refractivity contribution in [1.29, 1.82) is 0 Å². The van der Waals surface area contributed by atoms with E-state index in [2.05, 4.69) is 27.2 Å². The van der Waals surface area contributed by atoms with Crippen molar-refractivity contribution in [3.8, 4) is 11.1 Å². The van der Waals surface area contributed by atoms with Crippen molar-refractivity contribution in [2.75, 3.05) is 37.7 Å². The van der Waals surface area contributed by atoms with Gasteiger partial charge in [-0.05, 0) is 11.6 Å². The van der Waals surface area contributed by atoms with Crippen LogP contribution >= 0.6 is 0 Å². The molecule has 0 bridgehead atoms. The molecule has 1 aromatic carbocycles. The second-order valence-corrected chi connectivity index (χ2v) is 8.00. The van der Waals surface area contributed by atoms with E-state index in [0.717, 1.165) is 41.8 Å². The van der Waals surface area contributed by atoms with E-state index in [4.69, 9.17) is 4.74 Å². The molecule has 1 saturated heterocycles. The van der Waals surface area contributed by atoms with Gasteiger partial charge in [-0.1, -0.05) is 36.4 Å². The van der Waals surface area contributed by atoms with Crippen molar-refractivity contribution in [1.82, 2.24) is 24.3 Å². The molecule has 0 N–H and O–H groups in total. The molecule has 5 rings (SSSR count). The average molecular weight is 431 g/mol. The van der Waals surface area contributed by atoms with E-state index in [1.165, 1.54) is 5.56 Å². The minimum atomic E-state index is -0.235. The number of carbonyl (C=O) groups excluding carboxylic acids is 1. The fourth-order valence-corrected chi connectivity index (χ4v) is 4.08. The molecule has 0 radical (unpaired) electrons. The van der Waals surface area contributed by atoms with Crippen LogP contribution in [-0.2, 0) is 18.2 Å². The van der Waals surface area contributed by atoms with Crippen molar-refractivity contribution < 1.29 is 9.53 Å². The number of anilines is 1. The number of rotatable bonds is 5. The van der Waals surface area contributed by atoms with Gasteiger partial charge in [0.15, 0.2) is 0 Å². The molecule has 0 aliphatic carbocycles. The van der Waals surface area contributed by atoms with E-state index < -0.39 is 0 Å². The summed E-state index contributed by atoms with van der Waals surface area (Å²) in [4.78, 5) is 16.5. The number of amides is 1. The Morgan fingerprint density at radius 3 is 2.50 bits per heavy atom. The van der Waals surface area contributed by atoms with Crippen LogP contribution in [0, 0.1) is 0 Å². The molecule has 0 unspecified atom stereocenters. The lowest BCUT2D eigenvalue weighted by Gasteiger charge is -2.34. The maximum absolute atomic E-state index is 12.4. The summed E-state index contributed by atoms with van der Waals surface area (Å²) in [5, 5.41) is 8.80. The molecule has 164 valence electrons. The molecule has 1 aliphatic rings. The Bertz CT molecular complexity index is 1210. The van der Waals surface area contributed by atoms with Gasteiger partial charge in [-0.15, -0.1) is 0 Å². The van der Waals surface area contributed by atoms with Crippen molar-refractivity contribution in [2.24, 2.45) is 7.05 Å². The summed E-state index contributed by atoms with van der Waals surface area (Å²) < 4.78 is 9.18. The van der Waals surface area contributed by atoms with Crippen molar-refractivity contribution in [3.05, 3.63) is 72.8 Å².